The minimum atomic E-state index is 0.492. The number of para-hydroxylation sites is 1. The van der Waals surface area contributed by atoms with Gasteiger partial charge in [-0.1, -0.05) is 13.0 Å². The maximum absolute atomic E-state index is 9.05. The number of nitriles is 1. The highest BCUT2D eigenvalue weighted by Crippen LogP contribution is 2.20. The molecule has 0 bridgehead atoms. The van der Waals surface area contributed by atoms with Crippen LogP contribution in [0, 0.1) is 16.1 Å². The first-order valence-corrected chi connectivity index (χ1v) is 7.01. The molecule has 17 heavy (non-hydrogen) atoms. The van der Waals surface area contributed by atoms with Crippen LogP contribution in [0.15, 0.2) is 18.2 Å². The standard InChI is InChI=1S/C12H13N3S2/c1-8(17-2)7-15-10-5-3-4-9(6-13)11(10)14-12(15)16/h3-5,8H,7H2,1-2H3,(H,14,16). The molecule has 0 saturated heterocycles. The van der Waals surface area contributed by atoms with E-state index in [0.29, 0.717) is 15.6 Å². The van der Waals surface area contributed by atoms with E-state index in [1.807, 2.05) is 12.1 Å². The van der Waals surface area contributed by atoms with Gasteiger partial charge in [0, 0.05) is 11.8 Å². The van der Waals surface area contributed by atoms with Crippen LogP contribution in [-0.4, -0.2) is 21.1 Å². The smallest absolute Gasteiger partial charge is 0.178 e. The number of hydrogen-bond acceptors (Lipinski definition) is 3. The third kappa shape index (κ3) is 2.24. The number of aromatic nitrogens is 2. The zero-order valence-electron chi connectivity index (χ0n) is 9.73. The second kappa shape index (κ2) is 4.94. The average Bonchev–Trinajstić information content (AvgIpc) is 2.66. The van der Waals surface area contributed by atoms with Crippen molar-refractivity contribution in [2.24, 2.45) is 0 Å². The Hall–Kier alpha value is -1.25. The second-order valence-electron chi connectivity index (χ2n) is 3.90. The molecule has 0 aliphatic heterocycles. The van der Waals surface area contributed by atoms with E-state index >= 15 is 0 Å². The largest absolute Gasteiger partial charge is 0.329 e. The molecule has 1 atom stereocenters. The number of hydrogen-bond donors (Lipinski definition) is 1. The average molecular weight is 263 g/mol. The second-order valence-corrected chi connectivity index (χ2v) is 5.56. The molecule has 0 spiro atoms. The number of fused-ring (bicyclic) bond motifs is 1. The molecule has 2 rings (SSSR count). The van der Waals surface area contributed by atoms with E-state index in [9.17, 15) is 0 Å². The predicted molar refractivity (Wildman–Crippen MR) is 74.8 cm³/mol. The van der Waals surface area contributed by atoms with Crippen molar-refractivity contribution in [3.63, 3.8) is 0 Å². The summed E-state index contributed by atoms with van der Waals surface area (Å²) >= 11 is 7.12. The van der Waals surface area contributed by atoms with Gasteiger partial charge in [-0.2, -0.15) is 17.0 Å². The Kier molecular flexibility index (Phi) is 3.55. The Labute approximate surface area is 109 Å². The molecule has 3 nitrogen and oxygen atoms in total. The van der Waals surface area contributed by atoms with Gasteiger partial charge in [0.05, 0.1) is 16.6 Å². The number of imidazole rings is 1. The van der Waals surface area contributed by atoms with E-state index in [4.69, 9.17) is 17.5 Å². The number of aromatic amines is 1. The fourth-order valence-corrected chi connectivity index (χ4v) is 2.36. The molecule has 0 fully saturated rings. The first kappa shape index (κ1) is 12.2. The van der Waals surface area contributed by atoms with Crippen molar-refractivity contribution in [3.05, 3.63) is 28.5 Å². The molecule has 1 unspecified atom stereocenters. The van der Waals surface area contributed by atoms with Gasteiger partial charge < -0.3 is 9.55 Å². The summed E-state index contributed by atoms with van der Waals surface area (Å²) in [5, 5.41) is 9.54. The number of rotatable bonds is 3. The summed E-state index contributed by atoms with van der Waals surface area (Å²) < 4.78 is 2.75. The topological polar surface area (TPSA) is 44.5 Å². The molecular weight excluding hydrogens is 250 g/mol. The van der Waals surface area contributed by atoms with Crippen molar-refractivity contribution in [2.45, 2.75) is 18.7 Å². The molecule has 1 aromatic heterocycles. The lowest BCUT2D eigenvalue weighted by Gasteiger charge is -2.09. The summed E-state index contributed by atoms with van der Waals surface area (Å²) in [7, 11) is 0. The van der Waals surface area contributed by atoms with Gasteiger partial charge in [-0.15, -0.1) is 0 Å². The summed E-state index contributed by atoms with van der Waals surface area (Å²) in [6, 6.07) is 7.87. The molecule has 2 aromatic rings. The number of nitrogens with one attached hydrogen (secondary N) is 1. The maximum atomic E-state index is 9.05. The van der Waals surface area contributed by atoms with E-state index < -0.39 is 0 Å². The monoisotopic (exact) mass is 263 g/mol. The summed E-state index contributed by atoms with van der Waals surface area (Å²) in [5.41, 5.74) is 2.49. The van der Waals surface area contributed by atoms with Crippen LogP contribution < -0.4 is 0 Å². The maximum Gasteiger partial charge on any atom is 0.178 e. The van der Waals surface area contributed by atoms with Gasteiger partial charge in [0.25, 0.3) is 0 Å². The van der Waals surface area contributed by atoms with E-state index in [1.54, 1.807) is 17.8 Å². The molecule has 0 aliphatic rings. The van der Waals surface area contributed by atoms with E-state index in [-0.39, 0.29) is 0 Å². The summed E-state index contributed by atoms with van der Waals surface area (Å²) in [5.74, 6) is 0. The van der Waals surface area contributed by atoms with Crippen LogP contribution in [0.2, 0.25) is 0 Å². The normalized spacial score (nSPS) is 12.5. The molecule has 0 radical (unpaired) electrons. The van der Waals surface area contributed by atoms with Crippen molar-refractivity contribution < 1.29 is 0 Å². The Morgan fingerprint density at radius 3 is 3.00 bits per heavy atom. The van der Waals surface area contributed by atoms with Crippen LogP contribution in [0.5, 0.6) is 0 Å². The quantitative estimate of drug-likeness (QED) is 0.864. The van der Waals surface area contributed by atoms with Crippen LogP contribution in [-0.2, 0) is 6.54 Å². The molecule has 0 saturated carbocycles. The first-order valence-electron chi connectivity index (χ1n) is 5.31. The molecule has 0 amide bonds. The van der Waals surface area contributed by atoms with Crippen molar-refractivity contribution >= 4 is 35.0 Å². The zero-order valence-corrected chi connectivity index (χ0v) is 11.4. The molecular formula is C12H13N3S2. The van der Waals surface area contributed by atoms with Crippen molar-refractivity contribution in [1.29, 1.82) is 5.26 Å². The van der Waals surface area contributed by atoms with Gasteiger partial charge >= 0.3 is 0 Å². The Bertz CT molecular complexity index is 633. The minimum absolute atomic E-state index is 0.492. The van der Waals surface area contributed by atoms with Gasteiger partial charge in [0.2, 0.25) is 0 Å². The highest BCUT2D eigenvalue weighted by atomic mass is 32.2. The van der Waals surface area contributed by atoms with E-state index in [0.717, 1.165) is 17.6 Å². The highest BCUT2D eigenvalue weighted by molar-refractivity contribution is 7.99. The highest BCUT2D eigenvalue weighted by Gasteiger charge is 2.10. The number of H-pyrrole nitrogens is 1. The van der Waals surface area contributed by atoms with Crippen LogP contribution in [0.3, 0.4) is 0 Å². The minimum Gasteiger partial charge on any atom is -0.329 e. The Balaban J connectivity index is 2.61. The van der Waals surface area contributed by atoms with Crippen LogP contribution in [0.4, 0.5) is 0 Å². The summed E-state index contributed by atoms with van der Waals surface area (Å²) in [6.07, 6.45) is 2.09. The van der Waals surface area contributed by atoms with Crippen LogP contribution in [0.1, 0.15) is 12.5 Å². The van der Waals surface area contributed by atoms with Gasteiger partial charge in [-0.05, 0) is 30.6 Å². The van der Waals surface area contributed by atoms with Crippen LogP contribution in [0.25, 0.3) is 11.0 Å². The van der Waals surface area contributed by atoms with E-state index in [1.165, 1.54) is 0 Å². The predicted octanol–water partition coefficient (Wildman–Crippen LogP) is 3.32. The molecule has 1 aromatic carbocycles. The van der Waals surface area contributed by atoms with Crippen LogP contribution >= 0.6 is 24.0 Å². The Morgan fingerprint density at radius 2 is 2.35 bits per heavy atom. The zero-order chi connectivity index (χ0) is 12.4. The summed E-state index contributed by atoms with van der Waals surface area (Å²) in [4.78, 5) is 3.12. The lowest BCUT2D eigenvalue weighted by Crippen LogP contribution is -2.08. The lowest BCUT2D eigenvalue weighted by molar-refractivity contribution is 0.702. The number of thioether (sulfide) groups is 1. The molecule has 88 valence electrons. The third-order valence-corrected chi connectivity index (χ3v) is 4.05. The van der Waals surface area contributed by atoms with Crippen molar-refractivity contribution in [1.82, 2.24) is 9.55 Å². The van der Waals surface area contributed by atoms with Gasteiger partial charge in [-0.3, -0.25) is 0 Å². The molecule has 1 heterocycles. The SMILES string of the molecule is CSC(C)Cn1c(=S)[nH]c2c(C#N)cccc21. The van der Waals surface area contributed by atoms with Crippen molar-refractivity contribution in [3.8, 4) is 6.07 Å². The van der Waals surface area contributed by atoms with Gasteiger partial charge in [0.1, 0.15) is 6.07 Å². The number of benzene rings is 1. The fraction of sp³-hybridized carbons (Fsp3) is 0.333. The first-order chi connectivity index (χ1) is 8.17. The van der Waals surface area contributed by atoms with Gasteiger partial charge in [0.15, 0.2) is 4.77 Å². The molecule has 1 N–H and O–H groups in total. The van der Waals surface area contributed by atoms with E-state index in [2.05, 4.69) is 28.8 Å². The lowest BCUT2D eigenvalue weighted by atomic mass is 10.2. The molecule has 0 aliphatic carbocycles. The van der Waals surface area contributed by atoms with Crippen molar-refractivity contribution in [2.75, 3.05) is 6.26 Å². The number of nitrogens with zero attached hydrogens (tertiary/aromatic N) is 2. The fourth-order valence-electron chi connectivity index (χ4n) is 1.79. The third-order valence-electron chi connectivity index (χ3n) is 2.77. The van der Waals surface area contributed by atoms with Gasteiger partial charge in [-0.25, -0.2) is 0 Å². The summed E-state index contributed by atoms with van der Waals surface area (Å²) in [6.45, 7) is 3.02. The molecule has 5 heteroatoms. The Morgan fingerprint density at radius 1 is 1.59 bits per heavy atom.